The minimum Gasteiger partial charge on any atom is -0.507 e. The van der Waals surface area contributed by atoms with E-state index in [1.165, 1.54) is 34.1 Å². The number of hydrogen-bond acceptors (Lipinski definition) is 4. The molecule has 1 fully saturated rings. The number of benzene rings is 1. The smallest absolute Gasteiger partial charge is 0.295 e. The molecule has 1 saturated heterocycles. The Labute approximate surface area is 169 Å². The van der Waals surface area contributed by atoms with Crippen molar-refractivity contribution < 1.29 is 24.0 Å². The first-order valence-corrected chi connectivity index (χ1v) is 9.76. The van der Waals surface area contributed by atoms with E-state index in [2.05, 4.69) is 18.8 Å². The number of amides is 1. The number of nitrogens with zero attached hydrogens (tertiary/aromatic N) is 2. The fourth-order valence-corrected chi connectivity index (χ4v) is 3.60. The molecule has 1 aromatic carbocycles. The van der Waals surface area contributed by atoms with Crippen molar-refractivity contribution in [3.8, 4) is 0 Å². The van der Waals surface area contributed by atoms with Gasteiger partial charge in [-0.1, -0.05) is 6.07 Å². The normalized spacial score (nSPS) is 18.6. The van der Waals surface area contributed by atoms with Crippen molar-refractivity contribution in [1.29, 1.82) is 0 Å². The topological polar surface area (TPSA) is 74.9 Å². The summed E-state index contributed by atoms with van der Waals surface area (Å²) in [6, 6.07) is 9.63. The van der Waals surface area contributed by atoms with Crippen molar-refractivity contribution in [3.63, 3.8) is 0 Å². The standard InChI is InChI=1S/C22H24FN3O3/c1-3-25(4-2)13-14-26-19(17-7-5-6-12-24-17)18(21(28)22(26)29)20(27)15-8-10-16(23)11-9-15/h5-12,19,27H,3-4,13-14H2,1-2H3/p+1/t19-/m1/s1. The minimum absolute atomic E-state index is 0.0187. The van der Waals surface area contributed by atoms with Gasteiger partial charge in [0, 0.05) is 11.8 Å². The summed E-state index contributed by atoms with van der Waals surface area (Å²) in [7, 11) is 0. The van der Waals surface area contributed by atoms with Crippen molar-refractivity contribution >= 4 is 17.4 Å². The molecule has 3 rings (SSSR count). The molecule has 2 heterocycles. The van der Waals surface area contributed by atoms with E-state index in [4.69, 9.17) is 0 Å². The van der Waals surface area contributed by atoms with E-state index in [0.29, 0.717) is 18.8 Å². The molecule has 1 amide bonds. The molecular weight excluding hydrogens is 373 g/mol. The molecule has 0 unspecified atom stereocenters. The molecule has 152 valence electrons. The average molecular weight is 398 g/mol. The Kier molecular flexibility index (Phi) is 6.39. The summed E-state index contributed by atoms with van der Waals surface area (Å²) in [5, 5.41) is 10.8. The summed E-state index contributed by atoms with van der Waals surface area (Å²) in [6.07, 6.45) is 1.59. The maximum absolute atomic E-state index is 13.3. The number of ketones is 1. The first kappa shape index (κ1) is 20.7. The van der Waals surface area contributed by atoms with E-state index in [-0.39, 0.29) is 16.9 Å². The van der Waals surface area contributed by atoms with Crippen LogP contribution in [0.3, 0.4) is 0 Å². The highest BCUT2D eigenvalue weighted by Crippen LogP contribution is 2.38. The lowest BCUT2D eigenvalue weighted by molar-refractivity contribution is -0.895. The molecule has 0 saturated carbocycles. The van der Waals surface area contributed by atoms with Crippen LogP contribution in [0.4, 0.5) is 4.39 Å². The van der Waals surface area contributed by atoms with Gasteiger partial charge in [0.05, 0.1) is 37.4 Å². The molecule has 1 aliphatic rings. The van der Waals surface area contributed by atoms with Crippen molar-refractivity contribution in [2.45, 2.75) is 19.9 Å². The van der Waals surface area contributed by atoms with E-state index < -0.39 is 23.5 Å². The van der Waals surface area contributed by atoms with Gasteiger partial charge in [-0.25, -0.2) is 4.39 Å². The van der Waals surface area contributed by atoms with E-state index in [0.717, 1.165) is 13.1 Å². The molecule has 2 N–H and O–H groups in total. The number of aliphatic hydroxyl groups is 1. The zero-order valence-electron chi connectivity index (χ0n) is 16.6. The average Bonchev–Trinajstić information content (AvgIpc) is 3.00. The lowest BCUT2D eigenvalue weighted by atomic mass is 9.98. The number of nitrogens with one attached hydrogen (secondary N) is 1. The first-order chi connectivity index (χ1) is 14.0. The van der Waals surface area contributed by atoms with Crippen molar-refractivity contribution in [2.75, 3.05) is 26.2 Å². The van der Waals surface area contributed by atoms with Gasteiger partial charge in [-0.15, -0.1) is 0 Å². The number of quaternary nitrogens is 1. The maximum Gasteiger partial charge on any atom is 0.295 e. The van der Waals surface area contributed by atoms with Crippen molar-refractivity contribution in [3.05, 3.63) is 71.3 Å². The summed E-state index contributed by atoms with van der Waals surface area (Å²) in [5.74, 6) is -2.19. The molecular formula is C22H25FN3O3+. The molecule has 1 aromatic heterocycles. The SMILES string of the molecule is CC[NH+](CC)CCN1C(=O)C(=O)C(=C(O)c2ccc(F)cc2)[C@H]1c1ccccn1. The van der Waals surface area contributed by atoms with Crippen LogP contribution in [0.25, 0.3) is 5.76 Å². The lowest BCUT2D eigenvalue weighted by Gasteiger charge is -2.26. The van der Waals surface area contributed by atoms with Crippen LogP contribution in [0, 0.1) is 5.82 Å². The fraction of sp³-hybridized carbons (Fsp3) is 0.318. The van der Waals surface area contributed by atoms with Gasteiger partial charge in [-0.2, -0.15) is 0 Å². The van der Waals surface area contributed by atoms with Crippen LogP contribution < -0.4 is 4.90 Å². The van der Waals surface area contributed by atoms with Gasteiger partial charge in [0.25, 0.3) is 11.7 Å². The number of aliphatic hydroxyl groups excluding tert-OH is 1. The fourth-order valence-electron chi connectivity index (χ4n) is 3.60. The molecule has 2 aromatic rings. The molecule has 1 aliphatic heterocycles. The third-order valence-corrected chi connectivity index (χ3v) is 5.33. The zero-order chi connectivity index (χ0) is 21.0. The Morgan fingerprint density at radius 1 is 1.14 bits per heavy atom. The number of carbonyl (C=O) groups is 2. The Morgan fingerprint density at radius 3 is 2.41 bits per heavy atom. The van der Waals surface area contributed by atoms with Gasteiger partial charge in [0.2, 0.25) is 0 Å². The van der Waals surface area contributed by atoms with E-state index >= 15 is 0 Å². The molecule has 6 nitrogen and oxygen atoms in total. The van der Waals surface area contributed by atoms with Crippen LogP contribution in [0.15, 0.2) is 54.2 Å². The monoisotopic (exact) mass is 398 g/mol. The molecule has 0 bridgehead atoms. The predicted octanol–water partition coefficient (Wildman–Crippen LogP) is 1.57. The third-order valence-electron chi connectivity index (χ3n) is 5.33. The summed E-state index contributed by atoms with van der Waals surface area (Å²) < 4.78 is 13.3. The lowest BCUT2D eigenvalue weighted by Crippen LogP contribution is -3.12. The van der Waals surface area contributed by atoms with Crippen LogP contribution in [0.2, 0.25) is 0 Å². The number of likely N-dealkylation sites (tertiary alicyclic amines) is 1. The van der Waals surface area contributed by atoms with E-state index in [1.54, 1.807) is 24.4 Å². The predicted molar refractivity (Wildman–Crippen MR) is 107 cm³/mol. The van der Waals surface area contributed by atoms with Gasteiger partial charge in [-0.05, 0) is 50.2 Å². The quantitative estimate of drug-likeness (QED) is 0.422. The Morgan fingerprint density at radius 2 is 1.83 bits per heavy atom. The van der Waals surface area contributed by atoms with Crippen molar-refractivity contribution in [2.24, 2.45) is 0 Å². The summed E-state index contributed by atoms with van der Waals surface area (Å²) in [5.41, 5.74) is 0.763. The van der Waals surface area contributed by atoms with Crippen molar-refractivity contribution in [1.82, 2.24) is 9.88 Å². The Bertz CT molecular complexity index is 909. The van der Waals surface area contributed by atoms with Crippen LogP contribution >= 0.6 is 0 Å². The molecule has 0 radical (unpaired) electrons. The number of aromatic nitrogens is 1. The highest BCUT2D eigenvalue weighted by atomic mass is 19.1. The molecule has 1 atom stereocenters. The number of carbonyl (C=O) groups excluding carboxylic acids is 2. The number of pyridine rings is 1. The summed E-state index contributed by atoms with van der Waals surface area (Å²) in [4.78, 5) is 32.8. The van der Waals surface area contributed by atoms with Gasteiger partial charge >= 0.3 is 0 Å². The molecule has 29 heavy (non-hydrogen) atoms. The van der Waals surface area contributed by atoms with Crippen LogP contribution in [-0.2, 0) is 9.59 Å². The number of rotatable bonds is 7. The van der Waals surface area contributed by atoms with E-state index in [1.807, 2.05) is 0 Å². The first-order valence-electron chi connectivity index (χ1n) is 9.76. The third kappa shape index (κ3) is 4.19. The Hall–Kier alpha value is -3.06. The molecule has 0 spiro atoms. The number of hydrogen-bond donors (Lipinski definition) is 2. The van der Waals surface area contributed by atoms with Crippen LogP contribution in [0.5, 0.6) is 0 Å². The molecule has 7 heteroatoms. The second-order valence-corrected chi connectivity index (χ2v) is 6.96. The van der Waals surface area contributed by atoms with Crippen LogP contribution in [0.1, 0.15) is 31.1 Å². The highest BCUT2D eigenvalue weighted by Gasteiger charge is 2.46. The van der Waals surface area contributed by atoms with Gasteiger partial charge in [0.1, 0.15) is 17.6 Å². The highest BCUT2D eigenvalue weighted by molar-refractivity contribution is 6.46. The zero-order valence-corrected chi connectivity index (χ0v) is 16.6. The maximum atomic E-state index is 13.3. The van der Waals surface area contributed by atoms with Gasteiger partial charge < -0.3 is 14.9 Å². The van der Waals surface area contributed by atoms with Gasteiger partial charge in [0.15, 0.2) is 0 Å². The second kappa shape index (κ2) is 8.96. The second-order valence-electron chi connectivity index (χ2n) is 6.96. The van der Waals surface area contributed by atoms with Crippen LogP contribution in [-0.4, -0.2) is 52.9 Å². The van der Waals surface area contributed by atoms with E-state index in [9.17, 15) is 19.1 Å². The van der Waals surface area contributed by atoms with Gasteiger partial charge in [-0.3, -0.25) is 14.6 Å². The largest absolute Gasteiger partial charge is 0.507 e. The number of Topliss-reactive ketones (excluding diaryl/α,β-unsaturated/α-hetero) is 1. The minimum atomic E-state index is -0.781. The number of likely N-dealkylation sites (N-methyl/N-ethyl adjacent to an activating group) is 1. The Balaban J connectivity index is 2.06. The summed E-state index contributed by atoms with van der Waals surface area (Å²) >= 11 is 0. The number of halogens is 1. The summed E-state index contributed by atoms with van der Waals surface area (Å²) in [6.45, 7) is 6.99. The molecule has 0 aliphatic carbocycles.